The lowest BCUT2D eigenvalue weighted by Gasteiger charge is -2.46. The van der Waals surface area contributed by atoms with Crippen molar-refractivity contribution in [3.8, 4) is 0 Å². The van der Waals surface area contributed by atoms with E-state index in [-0.39, 0.29) is 18.9 Å². The zero-order valence-electron chi connectivity index (χ0n) is 44.5. The molecule has 71 heavy (non-hydrogen) atoms. The fraction of sp³-hybridized carbons (Fsp3) is 0.877. The summed E-state index contributed by atoms with van der Waals surface area (Å²) in [4.78, 5) is 13.2. The van der Waals surface area contributed by atoms with Crippen molar-refractivity contribution >= 4 is 5.91 Å². The molecule has 9 N–H and O–H groups in total. The topological polar surface area (TPSA) is 228 Å². The number of aliphatic hydroxyl groups is 8. The number of allylic oxidation sites excluding steroid dienone is 5. The SMILES string of the molecule is CCCCCCC/C=C\C/C=C\CCCCCCCCCCCCCC(=O)NC(COC1OC(CO)C(OC2OC(CO)C(O)C(O)C2O)C(O)C1O)C(O)/C=C/CCCCCCCCCCCCCC. The molecule has 2 aliphatic heterocycles. The number of hydrogen-bond donors (Lipinski definition) is 9. The molecule has 12 atom stereocenters. The van der Waals surface area contributed by atoms with Gasteiger partial charge in [-0.05, 0) is 51.4 Å². The zero-order valence-corrected chi connectivity index (χ0v) is 44.5. The largest absolute Gasteiger partial charge is 0.394 e. The van der Waals surface area contributed by atoms with Gasteiger partial charge in [0.15, 0.2) is 12.6 Å². The smallest absolute Gasteiger partial charge is 0.220 e. The highest BCUT2D eigenvalue weighted by molar-refractivity contribution is 5.76. The third-order valence-corrected chi connectivity index (χ3v) is 14.1. The van der Waals surface area contributed by atoms with Crippen molar-refractivity contribution in [2.45, 2.75) is 299 Å². The highest BCUT2D eigenvalue weighted by atomic mass is 16.7. The minimum Gasteiger partial charge on any atom is -0.394 e. The molecule has 14 heteroatoms. The Bertz CT molecular complexity index is 1330. The summed E-state index contributed by atoms with van der Waals surface area (Å²) < 4.78 is 22.7. The van der Waals surface area contributed by atoms with Gasteiger partial charge in [-0.25, -0.2) is 0 Å². The molecular weight excluding hydrogens is 907 g/mol. The van der Waals surface area contributed by atoms with Gasteiger partial charge in [0.2, 0.25) is 5.91 Å². The average molecular weight is 1010 g/mol. The van der Waals surface area contributed by atoms with Gasteiger partial charge in [0.05, 0.1) is 32.0 Å². The number of hydrogen-bond acceptors (Lipinski definition) is 13. The quantitative estimate of drug-likeness (QED) is 0.0205. The summed E-state index contributed by atoms with van der Waals surface area (Å²) in [5.41, 5.74) is 0. The van der Waals surface area contributed by atoms with Crippen LogP contribution in [0, 0.1) is 0 Å². The molecule has 0 aromatic rings. The molecular formula is C57H105NO13. The first-order chi connectivity index (χ1) is 34.6. The van der Waals surface area contributed by atoms with E-state index in [0.717, 1.165) is 44.9 Å². The molecule has 0 radical (unpaired) electrons. The fourth-order valence-electron chi connectivity index (χ4n) is 9.38. The van der Waals surface area contributed by atoms with E-state index < -0.39 is 86.8 Å². The van der Waals surface area contributed by atoms with Gasteiger partial charge in [-0.2, -0.15) is 0 Å². The van der Waals surface area contributed by atoms with E-state index in [0.29, 0.717) is 6.42 Å². The van der Waals surface area contributed by atoms with Gasteiger partial charge in [-0.1, -0.05) is 204 Å². The molecule has 2 fully saturated rings. The molecule has 2 rings (SSSR count). The van der Waals surface area contributed by atoms with Crippen LogP contribution in [0.4, 0.5) is 0 Å². The lowest BCUT2D eigenvalue weighted by atomic mass is 9.97. The first-order valence-electron chi connectivity index (χ1n) is 28.7. The Hall–Kier alpha value is -1.79. The van der Waals surface area contributed by atoms with E-state index in [1.54, 1.807) is 6.08 Å². The number of aliphatic hydroxyl groups excluding tert-OH is 8. The summed E-state index contributed by atoms with van der Waals surface area (Å²) in [6.45, 7) is 2.78. The molecule has 2 heterocycles. The Morgan fingerprint density at radius 2 is 0.930 bits per heavy atom. The Kier molecular flexibility index (Phi) is 40.0. The van der Waals surface area contributed by atoms with Crippen LogP contribution in [0.25, 0.3) is 0 Å². The maximum atomic E-state index is 13.2. The monoisotopic (exact) mass is 1010 g/mol. The first kappa shape index (κ1) is 65.3. The van der Waals surface area contributed by atoms with Crippen LogP contribution in [0.2, 0.25) is 0 Å². The van der Waals surface area contributed by atoms with Gasteiger partial charge >= 0.3 is 0 Å². The number of amides is 1. The number of carbonyl (C=O) groups is 1. The molecule has 416 valence electrons. The molecule has 12 unspecified atom stereocenters. The Balaban J connectivity index is 1.76. The maximum Gasteiger partial charge on any atom is 0.220 e. The standard InChI is InChI=1S/C57H105NO13/c1-3-5-7-9-11-13-15-17-19-20-21-22-23-24-25-26-27-29-31-33-35-37-39-41-49(62)58-45(46(61)40-38-36-34-32-30-28-18-16-14-12-10-8-6-4-2)44-68-56-54(67)52(65)55(48(43-60)70-56)71-57-53(66)51(64)50(63)47(42-59)69-57/h15,17,20-21,38,40,45-48,50-57,59-61,63-67H,3-14,16,18-19,22-37,39,41-44H2,1-2H3,(H,58,62)/b17-15-,21-20-,40-38+. The molecule has 1 amide bonds. The summed E-state index contributed by atoms with van der Waals surface area (Å²) in [6, 6.07) is -0.914. The molecule has 0 aromatic heterocycles. The average Bonchev–Trinajstić information content (AvgIpc) is 3.37. The summed E-state index contributed by atoms with van der Waals surface area (Å²) in [5.74, 6) is -0.241. The van der Waals surface area contributed by atoms with E-state index >= 15 is 0 Å². The molecule has 0 saturated carbocycles. The minimum atomic E-state index is -1.79. The second-order valence-corrected chi connectivity index (χ2v) is 20.4. The Labute approximate surface area is 430 Å². The van der Waals surface area contributed by atoms with Gasteiger partial charge < -0.3 is 65.1 Å². The zero-order chi connectivity index (χ0) is 51.7. The number of carbonyl (C=O) groups excluding carboxylic acids is 1. The normalized spacial score (nSPS) is 26.0. The fourth-order valence-corrected chi connectivity index (χ4v) is 9.38. The van der Waals surface area contributed by atoms with Crippen LogP contribution in [-0.4, -0.2) is 140 Å². The molecule has 2 saturated heterocycles. The molecule has 0 aliphatic carbocycles. The molecule has 0 bridgehead atoms. The minimum absolute atomic E-state index is 0.241. The maximum absolute atomic E-state index is 13.2. The first-order valence-corrected chi connectivity index (χ1v) is 28.7. The highest BCUT2D eigenvalue weighted by Gasteiger charge is 2.51. The van der Waals surface area contributed by atoms with E-state index in [9.17, 15) is 45.6 Å². The summed E-state index contributed by atoms with van der Waals surface area (Å²) in [5, 5.41) is 86.9. The lowest BCUT2D eigenvalue weighted by Crippen LogP contribution is -2.65. The molecule has 0 aromatic carbocycles. The third-order valence-electron chi connectivity index (χ3n) is 14.1. The van der Waals surface area contributed by atoms with Gasteiger partial charge in [-0.3, -0.25) is 4.79 Å². The Morgan fingerprint density at radius 3 is 1.41 bits per heavy atom. The summed E-state index contributed by atoms with van der Waals surface area (Å²) >= 11 is 0. The highest BCUT2D eigenvalue weighted by Crippen LogP contribution is 2.30. The van der Waals surface area contributed by atoms with Gasteiger partial charge in [0, 0.05) is 6.42 Å². The lowest BCUT2D eigenvalue weighted by molar-refractivity contribution is -0.359. The van der Waals surface area contributed by atoms with Crippen molar-refractivity contribution in [1.82, 2.24) is 5.32 Å². The molecule has 0 spiro atoms. The van der Waals surface area contributed by atoms with Crippen LogP contribution in [0.3, 0.4) is 0 Å². The van der Waals surface area contributed by atoms with Crippen molar-refractivity contribution in [2.75, 3.05) is 19.8 Å². The van der Waals surface area contributed by atoms with Crippen molar-refractivity contribution in [3.63, 3.8) is 0 Å². The predicted molar refractivity (Wildman–Crippen MR) is 281 cm³/mol. The molecule has 2 aliphatic rings. The van der Waals surface area contributed by atoms with E-state index in [2.05, 4.69) is 43.5 Å². The van der Waals surface area contributed by atoms with Crippen molar-refractivity contribution in [2.24, 2.45) is 0 Å². The Morgan fingerprint density at radius 1 is 0.507 bits per heavy atom. The van der Waals surface area contributed by atoms with Gasteiger partial charge in [0.25, 0.3) is 0 Å². The van der Waals surface area contributed by atoms with E-state index in [1.807, 2.05) is 6.08 Å². The van der Waals surface area contributed by atoms with E-state index in [4.69, 9.17) is 18.9 Å². The van der Waals surface area contributed by atoms with Crippen LogP contribution >= 0.6 is 0 Å². The summed E-state index contributed by atoms with van der Waals surface area (Å²) in [6.07, 6.45) is 34.6. The second-order valence-electron chi connectivity index (χ2n) is 20.4. The van der Waals surface area contributed by atoms with Crippen LogP contribution in [0.5, 0.6) is 0 Å². The van der Waals surface area contributed by atoms with Gasteiger partial charge in [0.1, 0.15) is 48.8 Å². The van der Waals surface area contributed by atoms with Crippen LogP contribution < -0.4 is 5.32 Å². The van der Waals surface area contributed by atoms with Crippen LogP contribution in [0.1, 0.15) is 226 Å². The number of unbranched alkanes of at least 4 members (excludes halogenated alkanes) is 28. The van der Waals surface area contributed by atoms with E-state index in [1.165, 1.54) is 154 Å². The summed E-state index contributed by atoms with van der Waals surface area (Å²) in [7, 11) is 0. The van der Waals surface area contributed by atoms with Crippen LogP contribution in [0.15, 0.2) is 36.5 Å². The van der Waals surface area contributed by atoms with Crippen molar-refractivity contribution < 1.29 is 64.6 Å². The predicted octanol–water partition coefficient (Wildman–Crippen LogP) is 9.05. The van der Waals surface area contributed by atoms with Crippen molar-refractivity contribution in [3.05, 3.63) is 36.5 Å². The number of ether oxygens (including phenoxy) is 4. The second kappa shape index (κ2) is 43.4. The number of rotatable bonds is 45. The van der Waals surface area contributed by atoms with Crippen molar-refractivity contribution in [1.29, 1.82) is 0 Å². The third kappa shape index (κ3) is 29.8. The molecule has 14 nitrogen and oxygen atoms in total. The number of nitrogens with one attached hydrogen (secondary N) is 1. The van der Waals surface area contributed by atoms with Gasteiger partial charge in [-0.15, -0.1) is 0 Å². The van der Waals surface area contributed by atoms with Crippen LogP contribution in [-0.2, 0) is 23.7 Å².